The second kappa shape index (κ2) is 7.44. The van der Waals surface area contributed by atoms with Gasteiger partial charge in [0.25, 0.3) is 11.6 Å². The third kappa shape index (κ3) is 4.60. The summed E-state index contributed by atoms with van der Waals surface area (Å²) in [5.74, 6) is -1.82. The van der Waals surface area contributed by atoms with Crippen LogP contribution in [0.15, 0.2) is 36.4 Å². The number of hydrogen-bond donors (Lipinski definition) is 1. The van der Waals surface area contributed by atoms with Gasteiger partial charge in [0.05, 0.1) is 23.2 Å². The number of carbonyl (C=O) groups excluding carboxylic acids is 2. The zero-order valence-corrected chi connectivity index (χ0v) is 14.1. The molecule has 7 nitrogen and oxygen atoms in total. The van der Waals surface area contributed by atoms with Crippen LogP contribution >= 0.6 is 0 Å². The monoisotopic (exact) mass is 382 g/mol. The number of esters is 1. The molecule has 1 N–H and O–H groups in total. The van der Waals surface area contributed by atoms with E-state index in [1.807, 2.05) is 0 Å². The highest BCUT2D eigenvalue weighted by Crippen LogP contribution is 2.33. The Morgan fingerprint density at radius 2 is 1.74 bits per heavy atom. The van der Waals surface area contributed by atoms with Crippen molar-refractivity contribution < 1.29 is 32.4 Å². The number of nitro benzene ring substituents is 1. The van der Waals surface area contributed by atoms with E-state index in [4.69, 9.17) is 0 Å². The van der Waals surface area contributed by atoms with E-state index < -0.39 is 34.2 Å². The Labute approximate surface area is 150 Å². The van der Waals surface area contributed by atoms with Crippen LogP contribution in [-0.4, -0.2) is 23.9 Å². The topological polar surface area (TPSA) is 98.5 Å². The number of rotatable bonds is 4. The molecule has 0 heterocycles. The predicted octanol–water partition coefficient (Wildman–Crippen LogP) is 3.96. The van der Waals surface area contributed by atoms with Gasteiger partial charge in [0.15, 0.2) is 0 Å². The molecule has 0 radical (unpaired) electrons. The highest BCUT2D eigenvalue weighted by Gasteiger charge is 2.32. The quantitative estimate of drug-likeness (QED) is 0.490. The van der Waals surface area contributed by atoms with Gasteiger partial charge in [-0.1, -0.05) is 6.07 Å². The van der Waals surface area contributed by atoms with Gasteiger partial charge in [-0.2, -0.15) is 13.2 Å². The van der Waals surface area contributed by atoms with Crippen molar-refractivity contribution in [3.8, 4) is 0 Å². The summed E-state index contributed by atoms with van der Waals surface area (Å²) in [6, 6.07) is 6.09. The minimum atomic E-state index is -4.60. The molecule has 10 heteroatoms. The number of alkyl halides is 3. The maximum Gasteiger partial charge on any atom is 0.416 e. The SMILES string of the molecule is COC(=O)c1cc(C(=O)Nc2ccc(C)c(C(F)(F)F)c2)cc([N+](=O)[O-])c1. The maximum absolute atomic E-state index is 13.0. The van der Waals surface area contributed by atoms with Crippen molar-refractivity contribution in [1.82, 2.24) is 0 Å². The van der Waals surface area contributed by atoms with Gasteiger partial charge in [-0.3, -0.25) is 14.9 Å². The normalized spacial score (nSPS) is 11.0. The Morgan fingerprint density at radius 3 is 2.30 bits per heavy atom. The van der Waals surface area contributed by atoms with Crippen LogP contribution in [0.5, 0.6) is 0 Å². The van der Waals surface area contributed by atoms with Crippen LogP contribution in [0.4, 0.5) is 24.5 Å². The summed E-state index contributed by atoms with van der Waals surface area (Å²) in [6.07, 6.45) is -4.60. The van der Waals surface area contributed by atoms with Gasteiger partial charge >= 0.3 is 12.1 Å². The number of halogens is 3. The molecule has 2 aromatic carbocycles. The first-order chi connectivity index (χ1) is 12.5. The number of nitrogens with zero attached hydrogens (tertiary/aromatic N) is 1. The Bertz CT molecular complexity index is 925. The van der Waals surface area contributed by atoms with Crippen molar-refractivity contribution in [3.05, 3.63) is 68.8 Å². The average molecular weight is 382 g/mol. The fourth-order valence-electron chi connectivity index (χ4n) is 2.29. The van der Waals surface area contributed by atoms with Crippen molar-refractivity contribution in [3.63, 3.8) is 0 Å². The molecule has 0 spiro atoms. The van der Waals surface area contributed by atoms with Gasteiger partial charge in [0, 0.05) is 23.4 Å². The highest BCUT2D eigenvalue weighted by molar-refractivity contribution is 6.06. The number of nitrogens with one attached hydrogen (secondary N) is 1. The van der Waals surface area contributed by atoms with E-state index >= 15 is 0 Å². The van der Waals surface area contributed by atoms with Gasteiger partial charge in [-0.25, -0.2) is 4.79 Å². The number of anilines is 1. The van der Waals surface area contributed by atoms with E-state index in [1.54, 1.807) is 0 Å². The molecule has 0 aromatic heterocycles. The molecule has 1 amide bonds. The summed E-state index contributed by atoms with van der Waals surface area (Å²) >= 11 is 0. The number of methoxy groups -OCH3 is 1. The minimum Gasteiger partial charge on any atom is -0.465 e. The van der Waals surface area contributed by atoms with Crippen LogP contribution in [0.1, 0.15) is 31.8 Å². The van der Waals surface area contributed by atoms with E-state index in [9.17, 15) is 32.9 Å². The van der Waals surface area contributed by atoms with Crippen molar-refractivity contribution in [1.29, 1.82) is 0 Å². The minimum absolute atomic E-state index is 0.0242. The van der Waals surface area contributed by atoms with E-state index in [1.165, 1.54) is 19.1 Å². The summed E-state index contributed by atoms with van der Waals surface area (Å²) in [6.45, 7) is 1.28. The first-order valence-electron chi connectivity index (χ1n) is 7.40. The lowest BCUT2D eigenvalue weighted by Gasteiger charge is -2.13. The van der Waals surface area contributed by atoms with Crippen LogP contribution in [0.2, 0.25) is 0 Å². The standard InChI is InChI=1S/C17H13F3N2O5/c1-9-3-4-12(8-14(9)17(18,19)20)21-15(23)10-5-11(16(24)27-2)7-13(6-10)22(25)26/h3-8H,1-2H3,(H,21,23). The lowest BCUT2D eigenvalue weighted by atomic mass is 10.1. The molecule has 0 aliphatic heterocycles. The number of carbonyl (C=O) groups is 2. The molecule has 0 aliphatic carbocycles. The number of benzene rings is 2. The Balaban J connectivity index is 2.40. The molecule has 142 valence electrons. The molecule has 27 heavy (non-hydrogen) atoms. The van der Waals surface area contributed by atoms with Crippen molar-refractivity contribution in [2.45, 2.75) is 13.1 Å². The van der Waals surface area contributed by atoms with Gasteiger partial charge in [0.1, 0.15) is 0 Å². The molecule has 0 atom stereocenters. The Morgan fingerprint density at radius 1 is 1.11 bits per heavy atom. The summed E-state index contributed by atoms with van der Waals surface area (Å²) in [7, 11) is 1.06. The van der Waals surface area contributed by atoms with Crippen LogP contribution in [0.25, 0.3) is 0 Å². The van der Waals surface area contributed by atoms with E-state index in [0.717, 1.165) is 31.4 Å². The Hall–Kier alpha value is -3.43. The van der Waals surface area contributed by atoms with Gasteiger partial charge in [-0.05, 0) is 30.7 Å². The molecule has 0 fully saturated rings. The van der Waals surface area contributed by atoms with Gasteiger partial charge in [-0.15, -0.1) is 0 Å². The first kappa shape index (κ1) is 19.9. The van der Waals surface area contributed by atoms with Crippen molar-refractivity contribution in [2.24, 2.45) is 0 Å². The van der Waals surface area contributed by atoms with Crippen LogP contribution < -0.4 is 5.32 Å². The third-order valence-corrected chi connectivity index (χ3v) is 3.61. The lowest BCUT2D eigenvalue weighted by Crippen LogP contribution is -2.15. The molecule has 0 aliphatic rings. The summed E-state index contributed by atoms with van der Waals surface area (Å²) in [4.78, 5) is 34.1. The summed E-state index contributed by atoms with van der Waals surface area (Å²) in [5, 5.41) is 13.2. The number of nitro groups is 1. The average Bonchev–Trinajstić information content (AvgIpc) is 2.61. The zero-order chi connectivity index (χ0) is 20.4. The number of aryl methyl sites for hydroxylation is 1. The van der Waals surface area contributed by atoms with Crippen molar-refractivity contribution in [2.75, 3.05) is 12.4 Å². The predicted molar refractivity (Wildman–Crippen MR) is 88.6 cm³/mol. The molecule has 2 rings (SSSR count). The van der Waals surface area contributed by atoms with Gasteiger partial charge < -0.3 is 10.1 Å². The number of amides is 1. The molecule has 0 saturated heterocycles. The smallest absolute Gasteiger partial charge is 0.416 e. The second-order valence-electron chi connectivity index (χ2n) is 5.50. The molecule has 0 saturated carbocycles. The van der Waals surface area contributed by atoms with Crippen LogP contribution in [0, 0.1) is 17.0 Å². The van der Waals surface area contributed by atoms with Crippen LogP contribution in [0.3, 0.4) is 0 Å². The summed E-state index contributed by atoms with van der Waals surface area (Å²) in [5.41, 5.74) is -2.15. The van der Waals surface area contributed by atoms with Crippen molar-refractivity contribution >= 4 is 23.3 Å². The van der Waals surface area contributed by atoms with E-state index in [-0.39, 0.29) is 22.4 Å². The highest BCUT2D eigenvalue weighted by atomic mass is 19.4. The van der Waals surface area contributed by atoms with E-state index in [0.29, 0.717) is 0 Å². The number of hydrogen-bond acceptors (Lipinski definition) is 5. The fraction of sp³-hybridized carbons (Fsp3) is 0.176. The first-order valence-corrected chi connectivity index (χ1v) is 7.40. The van der Waals surface area contributed by atoms with Gasteiger partial charge in [0.2, 0.25) is 0 Å². The number of ether oxygens (including phenoxy) is 1. The lowest BCUT2D eigenvalue weighted by molar-refractivity contribution is -0.384. The Kier molecular flexibility index (Phi) is 5.48. The molecular weight excluding hydrogens is 369 g/mol. The second-order valence-corrected chi connectivity index (χ2v) is 5.50. The zero-order valence-electron chi connectivity index (χ0n) is 14.1. The summed E-state index contributed by atoms with van der Waals surface area (Å²) < 4.78 is 43.4. The maximum atomic E-state index is 13.0. The van der Waals surface area contributed by atoms with E-state index in [2.05, 4.69) is 10.1 Å². The molecule has 2 aromatic rings. The molecular formula is C17H13F3N2O5. The largest absolute Gasteiger partial charge is 0.465 e. The molecule has 0 bridgehead atoms. The van der Waals surface area contributed by atoms with Crippen LogP contribution in [-0.2, 0) is 10.9 Å². The number of non-ortho nitro benzene ring substituents is 1. The molecule has 0 unspecified atom stereocenters. The fourth-order valence-corrected chi connectivity index (χ4v) is 2.29. The third-order valence-electron chi connectivity index (χ3n) is 3.61.